The number of hydrogen-bond acceptors (Lipinski definition) is 4. The molecule has 152 valence electrons. The van der Waals surface area contributed by atoms with E-state index in [1.807, 2.05) is 24.3 Å². The number of sulfonamides is 1. The molecule has 0 spiro atoms. The normalized spacial score (nSPS) is 12.3. The minimum absolute atomic E-state index is 0.400. The molecule has 0 aliphatic rings. The molecule has 0 fully saturated rings. The summed E-state index contributed by atoms with van der Waals surface area (Å²) in [6.45, 7) is 3.71. The SMILES string of the molecule is CCCCc1ccc(NC(=O)[C@H](C)N(c2ccc(OC)cc2)S(C)(=O)=O)cc1. The van der Waals surface area contributed by atoms with E-state index in [0.717, 1.165) is 29.8 Å². The van der Waals surface area contributed by atoms with Crippen LogP contribution >= 0.6 is 0 Å². The standard InChI is InChI=1S/C21H28N2O4S/c1-5-6-7-17-8-10-18(11-9-17)22-21(24)16(2)23(28(4,25)26)19-12-14-20(27-3)15-13-19/h8-16H,5-7H2,1-4H3,(H,22,24)/t16-/m0/s1. The van der Waals surface area contributed by atoms with E-state index >= 15 is 0 Å². The first kappa shape index (κ1) is 21.8. The summed E-state index contributed by atoms with van der Waals surface area (Å²) < 4.78 is 30.9. The van der Waals surface area contributed by atoms with Crippen molar-refractivity contribution in [2.45, 2.75) is 39.2 Å². The lowest BCUT2D eigenvalue weighted by molar-refractivity contribution is -0.116. The van der Waals surface area contributed by atoms with Gasteiger partial charge >= 0.3 is 0 Å². The zero-order valence-electron chi connectivity index (χ0n) is 16.8. The number of unbranched alkanes of at least 4 members (excludes halogenated alkanes) is 1. The van der Waals surface area contributed by atoms with E-state index < -0.39 is 22.0 Å². The Balaban J connectivity index is 2.17. The summed E-state index contributed by atoms with van der Waals surface area (Å²) in [5, 5.41) is 2.80. The molecule has 0 heterocycles. The number of aryl methyl sites for hydroxylation is 1. The third-order valence-electron chi connectivity index (χ3n) is 4.46. The van der Waals surface area contributed by atoms with Crippen molar-refractivity contribution < 1.29 is 17.9 Å². The number of rotatable bonds is 9. The van der Waals surface area contributed by atoms with Crippen molar-refractivity contribution >= 4 is 27.3 Å². The zero-order chi connectivity index (χ0) is 20.7. The van der Waals surface area contributed by atoms with Gasteiger partial charge in [0, 0.05) is 5.69 Å². The van der Waals surface area contributed by atoms with Crippen molar-refractivity contribution in [3.63, 3.8) is 0 Å². The number of ether oxygens (including phenoxy) is 1. The maximum absolute atomic E-state index is 12.7. The Morgan fingerprint density at radius 3 is 2.21 bits per heavy atom. The van der Waals surface area contributed by atoms with Crippen LogP contribution in [0.2, 0.25) is 0 Å². The van der Waals surface area contributed by atoms with Gasteiger partial charge in [0.2, 0.25) is 15.9 Å². The molecule has 0 aliphatic heterocycles. The van der Waals surface area contributed by atoms with Gasteiger partial charge in [-0.15, -0.1) is 0 Å². The molecule has 1 N–H and O–H groups in total. The zero-order valence-corrected chi connectivity index (χ0v) is 17.6. The van der Waals surface area contributed by atoms with Crippen molar-refractivity contribution in [3.8, 4) is 5.75 Å². The summed E-state index contributed by atoms with van der Waals surface area (Å²) in [5.41, 5.74) is 2.25. The van der Waals surface area contributed by atoms with Crippen molar-refractivity contribution in [1.82, 2.24) is 0 Å². The highest BCUT2D eigenvalue weighted by Crippen LogP contribution is 2.24. The monoisotopic (exact) mass is 404 g/mol. The molecule has 0 radical (unpaired) electrons. The Bertz CT molecular complexity index is 878. The van der Waals surface area contributed by atoms with Crippen LogP contribution in [0.4, 0.5) is 11.4 Å². The molecule has 1 amide bonds. The average Bonchev–Trinajstić information content (AvgIpc) is 2.67. The van der Waals surface area contributed by atoms with Crippen molar-refractivity contribution in [2.24, 2.45) is 0 Å². The van der Waals surface area contributed by atoms with Crippen LogP contribution in [0.3, 0.4) is 0 Å². The maximum Gasteiger partial charge on any atom is 0.247 e. The molecule has 2 rings (SSSR count). The summed E-state index contributed by atoms with van der Waals surface area (Å²) in [6.07, 6.45) is 4.33. The Hall–Kier alpha value is -2.54. The van der Waals surface area contributed by atoms with Crippen LogP contribution in [0, 0.1) is 0 Å². The van der Waals surface area contributed by atoms with Crippen LogP contribution in [-0.2, 0) is 21.2 Å². The number of amides is 1. The lowest BCUT2D eigenvalue weighted by Gasteiger charge is -2.28. The van der Waals surface area contributed by atoms with Crippen LogP contribution in [0.1, 0.15) is 32.3 Å². The van der Waals surface area contributed by atoms with Gasteiger partial charge in [0.25, 0.3) is 0 Å². The molecule has 0 aliphatic carbocycles. The number of nitrogens with one attached hydrogen (secondary N) is 1. The van der Waals surface area contributed by atoms with E-state index in [4.69, 9.17) is 4.74 Å². The molecule has 2 aromatic rings. The Labute approximate surface area is 167 Å². The van der Waals surface area contributed by atoms with E-state index in [1.165, 1.54) is 12.7 Å². The number of anilines is 2. The van der Waals surface area contributed by atoms with Crippen molar-refractivity contribution in [1.29, 1.82) is 0 Å². The van der Waals surface area contributed by atoms with Gasteiger partial charge in [0.1, 0.15) is 11.8 Å². The highest BCUT2D eigenvalue weighted by atomic mass is 32.2. The summed E-state index contributed by atoms with van der Waals surface area (Å²) in [7, 11) is -2.12. The van der Waals surface area contributed by atoms with E-state index in [1.54, 1.807) is 31.2 Å². The topological polar surface area (TPSA) is 75.7 Å². The van der Waals surface area contributed by atoms with Gasteiger partial charge in [-0.05, 0) is 61.7 Å². The first-order valence-electron chi connectivity index (χ1n) is 9.29. The molecule has 2 aromatic carbocycles. The fourth-order valence-corrected chi connectivity index (χ4v) is 4.10. The molecular formula is C21H28N2O4S. The van der Waals surface area contributed by atoms with Crippen LogP contribution in [0.5, 0.6) is 5.75 Å². The third kappa shape index (κ3) is 5.73. The largest absolute Gasteiger partial charge is 0.497 e. The number of methoxy groups -OCH3 is 1. The fourth-order valence-electron chi connectivity index (χ4n) is 2.92. The number of nitrogens with zero attached hydrogens (tertiary/aromatic N) is 1. The van der Waals surface area contributed by atoms with E-state index in [2.05, 4.69) is 12.2 Å². The highest BCUT2D eigenvalue weighted by molar-refractivity contribution is 7.92. The van der Waals surface area contributed by atoms with E-state index in [0.29, 0.717) is 17.1 Å². The van der Waals surface area contributed by atoms with Crippen molar-refractivity contribution in [2.75, 3.05) is 23.0 Å². The predicted molar refractivity (Wildman–Crippen MR) is 113 cm³/mol. The van der Waals surface area contributed by atoms with Crippen LogP contribution in [-0.4, -0.2) is 33.7 Å². The van der Waals surface area contributed by atoms with E-state index in [9.17, 15) is 13.2 Å². The second-order valence-electron chi connectivity index (χ2n) is 6.72. The second kappa shape index (κ2) is 9.59. The Morgan fingerprint density at radius 2 is 1.71 bits per heavy atom. The minimum atomic E-state index is -3.66. The summed E-state index contributed by atoms with van der Waals surface area (Å²) >= 11 is 0. The van der Waals surface area contributed by atoms with Gasteiger partial charge in [-0.3, -0.25) is 9.10 Å². The quantitative estimate of drug-likeness (QED) is 0.689. The van der Waals surface area contributed by atoms with E-state index in [-0.39, 0.29) is 0 Å². The maximum atomic E-state index is 12.7. The van der Waals surface area contributed by atoms with Gasteiger partial charge in [-0.25, -0.2) is 8.42 Å². The Kier molecular flexibility index (Phi) is 7.45. The first-order chi connectivity index (χ1) is 13.3. The molecule has 0 bridgehead atoms. The molecule has 28 heavy (non-hydrogen) atoms. The molecule has 0 saturated heterocycles. The van der Waals surface area contributed by atoms with Gasteiger partial charge < -0.3 is 10.1 Å². The van der Waals surface area contributed by atoms with Crippen LogP contribution in [0.25, 0.3) is 0 Å². The number of carbonyl (C=O) groups excluding carboxylic acids is 1. The smallest absolute Gasteiger partial charge is 0.247 e. The van der Waals surface area contributed by atoms with Gasteiger partial charge in [0.15, 0.2) is 0 Å². The summed E-state index contributed by atoms with van der Waals surface area (Å²) in [4.78, 5) is 12.7. The molecule has 6 nitrogen and oxygen atoms in total. The molecule has 0 unspecified atom stereocenters. The highest BCUT2D eigenvalue weighted by Gasteiger charge is 2.29. The minimum Gasteiger partial charge on any atom is -0.497 e. The predicted octanol–water partition coefficient (Wildman–Crippen LogP) is 3.83. The fraction of sp³-hybridized carbons (Fsp3) is 0.381. The average molecular weight is 405 g/mol. The summed E-state index contributed by atoms with van der Waals surface area (Å²) in [6, 6.07) is 13.3. The van der Waals surface area contributed by atoms with Crippen LogP contribution in [0.15, 0.2) is 48.5 Å². The molecule has 7 heteroatoms. The molecular weight excluding hydrogens is 376 g/mol. The number of carbonyl (C=O) groups is 1. The van der Waals surface area contributed by atoms with Crippen LogP contribution < -0.4 is 14.4 Å². The molecule has 1 atom stereocenters. The van der Waals surface area contributed by atoms with Gasteiger partial charge in [0.05, 0.1) is 19.1 Å². The lowest BCUT2D eigenvalue weighted by Crippen LogP contribution is -2.45. The summed E-state index contributed by atoms with van der Waals surface area (Å²) in [5.74, 6) is 0.208. The lowest BCUT2D eigenvalue weighted by atomic mass is 10.1. The first-order valence-corrected chi connectivity index (χ1v) is 11.1. The molecule has 0 aromatic heterocycles. The second-order valence-corrected chi connectivity index (χ2v) is 8.58. The van der Waals surface area contributed by atoms with Gasteiger partial charge in [-0.2, -0.15) is 0 Å². The Morgan fingerprint density at radius 1 is 1.11 bits per heavy atom. The third-order valence-corrected chi connectivity index (χ3v) is 5.70. The van der Waals surface area contributed by atoms with Crippen molar-refractivity contribution in [3.05, 3.63) is 54.1 Å². The van der Waals surface area contributed by atoms with Gasteiger partial charge in [-0.1, -0.05) is 25.5 Å². The molecule has 0 saturated carbocycles. The number of hydrogen-bond donors (Lipinski definition) is 1. The number of benzene rings is 2.